The first-order valence-electron chi connectivity index (χ1n) is 13.3. The Morgan fingerprint density at radius 2 is 1.59 bits per heavy atom. The van der Waals surface area contributed by atoms with E-state index in [1.165, 1.54) is 12.5 Å². The van der Waals surface area contributed by atoms with Crippen molar-refractivity contribution in [1.82, 2.24) is 10.2 Å². The lowest BCUT2D eigenvalue weighted by molar-refractivity contribution is -0.141. The van der Waals surface area contributed by atoms with E-state index < -0.39 is 6.04 Å². The highest BCUT2D eigenvalue weighted by atomic mass is 19.1. The smallest absolute Gasteiger partial charge is 0.243 e. The van der Waals surface area contributed by atoms with Gasteiger partial charge in [0.2, 0.25) is 11.8 Å². The predicted molar refractivity (Wildman–Crippen MR) is 146 cm³/mol. The Morgan fingerprint density at radius 3 is 2.30 bits per heavy atom. The van der Waals surface area contributed by atoms with E-state index in [0.717, 1.165) is 47.9 Å². The van der Waals surface area contributed by atoms with E-state index in [0.29, 0.717) is 12.0 Å². The molecule has 3 aromatic carbocycles. The van der Waals surface area contributed by atoms with Crippen molar-refractivity contribution in [1.29, 1.82) is 0 Å². The highest BCUT2D eigenvalue weighted by molar-refractivity contribution is 5.89. The van der Waals surface area contributed by atoms with Crippen LogP contribution in [0.15, 0.2) is 72.8 Å². The third-order valence-corrected chi connectivity index (χ3v) is 7.45. The van der Waals surface area contributed by atoms with E-state index in [4.69, 9.17) is 0 Å². The number of carbonyl (C=O) groups is 2. The van der Waals surface area contributed by atoms with Crippen LogP contribution in [0, 0.1) is 19.7 Å². The van der Waals surface area contributed by atoms with Gasteiger partial charge >= 0.3 is 0 Å². The van der Waals surface area contributed by atoms with E-state index in [9.17, 15) is 14.0 Å². The van der Waals surface area contributed by atoms with Crippen molar-refractivity contribution in [3.05, 3.63) is 106 Å². The molecule has 0 aliphatic heterocycles. The Balaban J connectivity index is 1.67. The summed E-state index contributed by atoms with van der Waals surface area (Å²) in [4.78, 5) is 29.2. The van der Waals surface area contributed by atoms with Gasteiger partial charge in [-0.15, -0.1) is 0 Å². The van der Waals surface area contributed by atoms with Crippen LogP contribution in [0.5, 0.6) is 0 Å². The zero-order valence-electron chi connectivity index (χ0n) is 21.9. The van der Waals surface area contributed by atoms with Crippen molar-refractivity contribution in [3.8, 4) is 0 Å². The molecule has 4 rings (SSSR count). The Bertz CT molecular complexity index is 1200. The minimum absolute atomic E-state index is 0.0337. The molecule has 1 saturated carbocycles. The molecule has 194 valence electrons. The van der Waals surface area contributed by atoms with Crippen LogP contribution in [-0.4, -0.2) is 28.8 Å². The van der Waals surface area contributed by atoms with Crippen LogP contribution < -0.4 is 5.32 Å². The first kappa shape index (κ1) is 26.6. The summed E-state index contributed by atoms with van der Waals surface area (Å²) in [5.74, 6) is -0.732. The van der Waals surface area contributed by atoms with Crippen LogP contribution in [0.4, 0.5) is 4.39 Å². The monoisotopic (exact) mass is 500 g/mol. The first-order valence-corrected chi connectivity index (χ1v) is 13.3. The van der Waals surface area contributed by atoms with Crippen LogP contribution in [0.1, 0.15) is 59.9 Å². The molecule has 0 radical (unpaired) electrons. The molecule has 2 amide bonds. The maximum atomic E-state index is 14.8. The first-order chi connectivity index (χ1) is 17.9. The maximum absolute atomic E-state index is 14.8. The minimum atomic E-state index is -0.747. The van der Waals surface area contributed by atoms with Gasteiger partial charge in [0.1, 0.15) is 11.9 Å². The molecule has 0 spiro atoms. The predicted octanol–water partition coefficient (Wildman–Crippen LogP) is 6.07. The Morgan fingerprint density at radius 1 is 0.892 bits per heavy atom. The summed E-state index contributed by atoms with van der Waals surface area (Å²) in [6, 6.07) is 21.6. The summed E-state index contributed by atoms with van der Waals surface area (Å²) in [6.45, 7) is 4.10. The van der Waals surface area contributed by atoms with Crippen molar-refractivity contribution in [3.63, 3.8) is 0 Å². The maximum Gasteiger partial charge on any atom is 0.243 e. The third kappa shape index (κ3) is 7.28. The van der Waals surface area contributed by atoms with Gasteiger partial charge in [0.15, 0.2) is 0 Å². The molecule has 5 heteroatoms. The van der Waals surface area contributed by atoms with Crippen molar-refractivity contribution in [2.24, 2.45) is 0 Å². The second-order valence-corrected chi connectivity index (χ2v) is 10.3. The Kier molecular flexibility index (Phi) is 9.10. The lowest BCUT2D eigenvalue weighted by Gasteiger charge is -2.33. The van der Waals surface area contributed by atoms with Crippen LogP contribution >= 0.6 is 0 Å². The number of aryl methyl sites for hydroxylation is 2. The molecule has 1 aliphatic carbocycles. The minimum Gasteiger partial charge on any atom is -0.352 e. The Hall–Kier alpha value is -3.47. The number of rotatable bonds is 9. The highest BCUT2D eigenvalue weighted by Crippen LogP contribution is 2.21. The number of nitrogens with one attached hydrogen (secondary N) is 1. The molecule has 4 nitrogen and oxygen atoms in total. The van der Waals surface area contributed by atoms with Gasteiger partial charge in [-0.25, -0.2) is 4.39 Å². The quantitative estimate of drug-likeness (QED) is 0.387. The molecular formula is C32H37FN2O2. The van der Waals surface area contributed by atoms with E-state index in [1.807, 2.05) is 62.4 Å². The number of hydrogen-bond acceptors (Lipinski definition) is 2. The molecule has 0 aromatic heterocycles. The second-order valence-electron chi connectivity index (χ2n) is 10.3. The van der Waals surface area contributed by atoms with E-state index in [2.05, 4.69) is 5.32 Å². The molecule has 37 heavy (non-hydrogen) atoms. The molecule has 1 fully saturated rings. The summed E-state index contributed by atoms with van der Waals surface area (Å²) >= 11 is 0. The summed E-state index contributed by atoms with van der Waals surface area (Å²) < 4.78 is 14.8. The number of amides is 2. The lowest BCUT2D eigenvalue weighted by Crippen LogP contribution is -2.53. The molecule has 1 atom stereocenters. The normalized spacial score (nSPS) is 14.7. The fourth-order valence-corrected chi connectivity index (χ4v) is 5.10. The zero-order valence-corrected chi connectivity index (χ0v) is 21.9. The zero-order chi connectivity index (χ0) is 26.2. The van der Waals surface area contributed by atoms with Gasteiger partial charge < -0.3 is 10.2 Å². The highest BCUT2D eigenvalue weighted by Gasteiger charge is 2.32. The van der Waals surface area contributed by atoms with Gasteiger partial charge in [-0.05, 0) is 55.0 Å². The van der Waals surface area contributed by atoms with E-state index in [-0.39, 0.29) is 36.6 Å². The van der Waals surface area contributed by atoms with Gasteiger partial charge in [0.05, 0.1) is 6.42 Å². The SMILES string of the molecule is Cc1ccc(CC(=O)N(Cc2ccccc2F)[C@@H](Cc2ccccc2)C(=O)NC2CCCCC2)cc1C. The summed E-state index contributed by atoms with van der Waals surface area (Å²) in [5.41, 5.74) is 4.52. The van der Waals surface area contributed by atoms with Crippen LogP contribution in [0.25, 0.3) is 0 Å². The summed E-state index contributed by atoms with van der Waals surface area (Å²) in [6.07, 6.45) is 5.80. The molecule has 0 heterocycles. The van der Waals surface area contributed by atoms with Crippen LogP contribution in [0.2, 0.25) is 0 Å². The number of hydrogen-bond donors (Lipinski definition) is 1. The van der Waals surface area contributed by atoms with Crippen molar-refractivity contribution in [2.75, 3.05) is 0 Å². The van der Waals surface area contributed by atoms with Gasteiger partial charge in [0, 0.05) is 24.6 Å². The number of halogens is 1. The van der Waals surface area contributed by atoms with Crippen molar-refractivity contribution in [2.45, 2.75) is 77.4 Å². The second kappa shape index (κ2) is 12.7. The van der Waals surface area contributed by atoms with Crippen molar-refractivity contribution >= 4 is 11.8 Å². The molecular weight excluding hydrogens is 463 g/mol. The third-order valence-electron chi connectivity index (χ3n) is 7.45. The lowest BCUT2D eigenvalue weighted by atomic mass is 9.94. The van der Waals surface area contributed by atoms with E-state index >= 15 is 0 Å². The van der Waals surface area contributed by atoms with Crippen molar-refractivity contribution < 1.29 is 14.0 Å². The topological polar surface area (TPSA) is 49.4 Å². The molecule has 0 saturated heterocycles. The van der Waals surface area contributed by atoms with Gasteiger partial charge in [-0.3, -0.25) is 9.59 Å². The summed E-state index contributed by atoms with van der Waals surface area (Å²) in [7, 11) is 0. The van der Waals surface area contributed by atoms with Gasteiger partial charge in [-0.2, -0.15) is 0 Å². The molecule has 1 N–H and O–H groups in total. The average molecular weight is 501 g/mol. The van der Waals surface area contributed by atoms with Gasteiger partial charge in [0.25, 0.3) is 0 Å². The summed E-state index contributed by atoms with van der Waals surface area (Å²) in [5, 5.41) is 3.23. The molecule has 0 bridgehead atoms. The van der Waals surface area contributed by atoms with Crippen LogP contribution in [-0.2, 0) is 29.0 Å². The van der Waals surface area contributed by atoms with E-state index in [1.54, 1.807) is 23.1 Å². The average Bonchev–Trinajstić information content (AvgIpc) is 2.90. The van der Waals surface area contributed by atoms with Gasteiger partial charge in [-0.1, -0.05) is 86.0 Å². The molecule has 0 unspecified atom stereocenters. The number of carbonyl (C=O) groups excluding carboxylic acids is 2. The fraction of sp³-hybridized carbons (Fsp3) is 0.375. The number of nitrogens with zero attached hydrogens (tertiary/aromatic N) is 1. The molecule has 1 aliphatic rings. The van der Waals surface area contributed by atoms with Crippen LogP contribution in [0.3, 0.4) is 0 Å². The fourth-order valence-electron chi connectivity index (χ4n) is 5.10. The standard InChI is InChI=1S/C32H37FN2O2/c1-23-17-18-26(19-24(23)2)21-31(36)35(22-27-13-9-10-16-29(27)33)30(20-25-11-5-3-6-12-25)32(37)34-28-14-7-4-8-15-28/h3,5-6,9-13,16-19,28,30H,4,7-8,14-15,20-22H2,1-2H3,(H,34,37)/t30-/m0/s1. The Labute approximate surface area is 219 Å². The molecule has 3 aromatic rings. The largest absolute Gasteiger partial charge is 0.352 e. The number of benzene rings is 3.